The van der Waals surface area contributed by atoms with E-state index in [-0.39, 0.29) is 27.4 Å². The van der Waals surface area contributed by atoms with Crippen LogP contribution in [0.4, 0.5) is 11.4 Å². The molecule has 28 heavy (non-hydrogen) atoms. The van der Waals surface area contributed by atoms with E-state index in [2.05, 4.69) is 16.0 Å². The molecule has 6 nitrogen and oxygen atoms in total. The monoisotopic (exact) mass is 421 g/mol. The molecule has 0 saturated heterocycles. The average molecular weight is 422 g/mol. The second kappa shape index (κ2) is 9.57. The van der Waals surface area contributed by atoms with Crippen LogP contribution in [0.25, 0.3) is 0 Å². The topological polar surface area (TPSA) is 87.3 Å². The van der Waals surface area contributed by atoms with Gasteiger partial charge < -0.3 is 16.0 Å². The molecule has 1 unspecified atom stereocenters. The molecule has 0 spiro atoms. The van der Waals surface area contributed by atoms with Gasteiger partial charge in [0, 0.05) is 17.3 Å². The van der Waals surface area contributed by atoms with Crippen LogP contribution >= 0.6 is 23.2 Å². The lowest BCUT2D eigenvalue weighted by Gasteiger charge is -2.16. The van der Waals surface area contributed by atoms with Crippen molar-refractivity contribution in [3.05, 3.63) is 58.1 Å². The maximum atomic E-state index is 12.4. The lowest BCUT2D eigenvalue weighted by Crippen LogP contribution is -2.41. The summed E-state index contributed by atoms with van der Waals surface area (Å²) in [6.07, 6.45) is 0. The van der Waals surface area contributed by atoms with Gasteiger partial charge in [0.1, 0.15) is 6.04 Å². The van der Waals surface area contributed by atoms with Gasteiger partial charge in [-0.2, -0.15) is 0 Å². The molecule has 0 aliphatic rings. The standard InChI is InChI=1S/C20H21Cl2N3O3/c1-11(2)18(26)24-13-6-4-7-14(10-13)25-19(27)12(3)23-20(28)15-8-5-9-16(21)17(15)22/h4-12H,1-3H3,(H,23,28)(H,24,26)(H,25,27). The van der Waals surface area contributed by atoms with E-state index in [4.69, 9.17) is 23.2 Å². The Hall–Kier alpha value is -2.57. The van der Waals surface area contributed by atoms with Crippen molar-refractivity contribution in [3.63, 3.8) is 0 Å². The summed E-state index contributed by atoms with van der Waals surface area (Å²) in [4.78, 5) is 36.5. The van der Waals surface area contributed by atoms with Crippen molar-refractivity contribution < 1.29 is 14.4 Å². The number of amides is 3. The molecular weight excluding hydrogens is 401 g/mol. The fourth-order valence-corrected chi connectivity index (χ4v) is 2.62. The Labute approximate surface area is 173 Å². The molecule has 0 fully saturated rings. The lowest BCUT2D eigenvalue weighted by atomic mass is 10.2. The number of hydrogen-bond acceptors (Lipinski definition) is 3. The summed E-state index contributed by atoms with van der Waals surface area (Å²) >= 11 is 11.9. The van der Waals surface area contributed by atoms with Crippen LogP contribution in [0.15, 0.2) is 42.5 Å². The Balaban J connectivity index is 2.01. The number of anilines is 2. The smallest absolute Gasteiger partial charge is 0.253 e. The molecule has 3 N–H and O–H groups in total. The molecular formula is C20H21Cl2N3O3. The Bertz CT molecular complexity index is 900. The van der Waals surface area contributed by atoms with Gasteiger partial charge >= 0.3 is 0 Å². The van der Waals surface area contributed by atoms with Crippen molar-refractivity contribution in [2.24, 2.45) is 5.92 Å². The Kier molecular flexibility index (Phi) is 7.43. The third-order valence-electron chi connectivity index (χ3n) is 3.86. The zero-order valence-corrected chi connectivity index (χ0v) is 17.2. The molecule has 1 atom stereocenters. The first-order valence-electron chi connectivity index (χ1n) is 8.65. The SMILES string of the molecule is CC(C)C(=O)Nc1cccc(NC(=O)C(C)NC(=O)c2cccc(Cl)c2Cl)c1. The van der Waals surface area contributed by atoms with E-state index in [9.17, 15) is 14.4 Å². The molecule has 0 aliphatic heterocycles. The molecule has 3 amide bonds. The molecule has 0 saturated carbocycles. The van der Waals surface area contributed by atoms with Gasteiger partial charge in [0.2, 0.25) is 11.8 Å². The van der Waals surface area contributed by atoms with Crippen molar-refractivity contribution in [2.75, 3.05) is 10.6 Å². The molecule has 0 radical (unpaired) electrons. The molecule has 2 rings (SSSR count). The van der Waals surface area contributed by atoms with Crippen molar-refractivity contribution in [2.45, 2.75) is 26.8 Å². The fraction of sp³-hybridized carbons (Fsp3) is 0.250. The first-order chi connectivity index (χ1) is 13.2. The van der Waals surface area contributed by atoms with E-state index in [1.54, 1.807) is 57.2 Å². The fourth-order valence-electron chi connectivity index (χ4n) is 2.23. The minimum atomic E-state index is -0.823. The van der Waals surface area contributed by atoms with Crippen LogP contribution in [0.3, 0.4) is 0 Å². The zero-order chi connectivity index (χ0) is 20.8. The maximum Gasteiger partial charge on any atom is 0.253 e. The molecule has 0 heterocycles. The predicted molar refractivity (Wildman–Crippen MR) is 112 cm³/mol. The van der Waals surface area contributed by atoms with Crippen LogP contribution in [0.5, 0.6) is 0 Å². The molecule has 0 aliphatic carbocycles. The number of halogens is 2. The summed E-state index contributed by atoms with van der Waals surface area (Å²) in [6.45, 7) is 5.13. The maximum absolute atomic E-state index is 12.4. The summed E-state index contributed by atoms with van der Waals surface area (Å²) in [5.41, 5.74) is 1.25. The van der Waals surface area contributed by atoms with Gasteiger partial charge in [-0.15, -0.1) is 0 Å². The number of rotatable bonds is 6. The highest BCUT2D eigenvalue weighted by Crippen LogP contribution is 2.25. The van der Waals surface area contributed by atoms with E-state index < -0.39 is 17.9 Å². The lowest BCUT2D eigenvalue weighted by molar-refractivity contribution is -0.119. The van der Waals surface area contributed by atoms with Gasteiger partial charge in [0.05, 0.1) is 15.6 Å². The minimum absolute atomic E-state index is 0.123. The summed E-state index contributed by atoms with van der Waals surface area (Å²) in [5.74, 6) is -1.21. The van der Waals surface area contributed by atoms with Crippen molar-refractivity contribution in [1.82, 2.24) is 5.32 Å². The van der Waals surface area contributed by atoms with Crippen molar-refractivity contribution in [3.8, 4) is 0 Å². The van der Waals surface area contributed by atoms with Crippen LogP contribution in [0.1, 0.15) is 31.1 Å². The highest BCUT2D eigenvalue weighted by Gasteiger charge is 2.19. The van der Waals surface area contributed by atoms with E-state index in [1.165, 1.54) is 6.07 Å². The van der Waals surface area contributed by atoms with Gasteiger partial charge in [0.25, 0.3) is 5.91 Å². The van der Waals surface area contributed by atoms with Crippen LogP contribution < -0.4 is 16.0 Å². The van der Waals surface area contributed by atoms with Gasteiger partial charge in [0.15, 0.2) is 0 Å². The van der Waals surface area contributed by atoms with Crippen LogP contribution in [-0.4, -0.2) is 23.8 Å². The normalized spacial score (nSPS) is 11.6. The second-order valence-corrected chi connectivity index (χ2v) is 7.30. The molecule has 148 valence electrons. The molecule has 0 aromatic heterocycles. The van der Waals surface area contributed by atoms with E-state index in [1.807, 2.05) is 0 Å². The van der Waals surface area contributed by atoms with Gasteiger partial charge in [-0.25, -0.2) is 0 Å². The molecule has 2 aromatic carbocycles. The number of nitrogens with one attached hydrogen (secondary N) is 3. The minimum Gasteiger partial charge on any atom is -0.340 e. The number of carbonyl (C=O) groups excluding carboxylic acids is 3. The van der Waals surface area contributed by atoms with Crippen LogP contribution in [0, 0.1) is 5.92 Å². The first-order valence-corrected chi connectivity index (χ1v) is 9.41. The van der Waals surface area contributed by atoms with E-state index in [0.29, 0.717) is 11.4 Å². The third-order valence-corrected chi connectivity index (χ3v) is 4.68. The highest BCUT2D eigenvalue weighted by atomic mass is 35.5. The molecule has 2 aromatic rings. The number of benzene rings is 2. The Morgan fingerprint density at radius 2 is 1.43 bits per heavy atom. The van der Waals surface area contributed by atoms with E-state index >= 15 is 0 Å². The van der Waals surface area contributed by atoms with Crippen molar-refractivity contribution >= 4 is 52.3 Å². The Morgan fingerprint density at radius 3 is 2.04 bits per heavy atom. The summed E-state index contributed by atoms with van der Waals surface area (Å²) < 4.78 is 0. The number of hydrogen-bond donors (Lipinski definition) is 3. The second-order valence-electron chi connectivity index (χ2n) is 6.51. The zero-order valence-electron chi connectivity index (χ0n) is 15.7. The summed E-state index contributed by atoms with van der Waals surface area (Å²) in [5, 5.41) is 8.43. The highest BCUT2D eigenvalue weighted by molar-refractivity contribution is 6.43. The predicted octanol–water partition coefficient (Wildman–Crippen LogP) is 4.34. The number of carbonyl (C=O) groups is 3. The summed E-state index contributed by atoms with van der Waals surface area (Å²) in [6, 6.07) is 10.6. The first kappa shape index (κ1) is 21.7. The molecule has 0 bridgehead atoms. The van der Waals surface area contributed by atoms with Crippen LogP contribution in [0.2, 0.25) is 10.0 Å². The quantitative estimate of drug-likeness (QED) is 0.647. The van der Waals surface area contributed by atoms with Crippen LogP contribution in [-0.2, 0) is 9.59 Å². The van der Waals surface area contributed by atoms with Crippen molar-refractivity contribution in [1.29, 1.82) is 0 Å². The van der Waals surface area contributed by atoms with Gasteiger partial charge in [-0.05, 0) is 37.3 Å². The Morgan fingerprint density at radius 1 is 0.857 bits per heavy atom. The third kappa shape index (κ3) is 5.71. The largest absolute Gasteiger partial charge is 0.340 e. The molecule has 8 heteroatoms. The average Bonchev–Trinajstić information content (AvgIpc) is 2.63. The summed E-state index contributed by atoms with van der Waals surface area (Å²) in [7, 11) is 0. The van der Waals surface area contributed by atoms with Gasteiger partial charge in [-0.3, -0.25) is 14.4 Å². The van der Waals surface area contributed by atoms with E-state index in [0.717, 1.165) is 0 Å². The van der Waals surface area contributed by atoms with Gasteiger partial charge in [-0.1, -0.05) is 49.2 Å².